The molecule has 0 aliphatic carbocycles. The lowest BCUT2D eigenvalue weighted by Crippen LogP contribution is -2.08. The van der Waals surface area contributed by atoms with Crippen LogP contribution in [0.25, 0.3) is 10.4 Å². The fraction of sp³-hybridized carbons (Fsp3) is 0.111. The molecular formula is C9H8N2O2S. The fourth-order valence-electron chi connectivity index (χ4n) is 1.16. The Bertz CT molecular complexity index is 433. The van der Waals surface area contributed by atoms with Gasteiger partial charge in [-0.25, -0.2) is 0 Å². The van der Waals surface area contributed by atoms with Gasteiger partial charge < -0.3 is 5.11 Å². The third-order valence-electron chi connectivity index (χ3n) is 1.74. The van der Waals surface area contributed by atoms with Crippen LogP contribution in [0.15, 0.2) is 29.9 Å². The first kappa shape index (κ1) is 8.96. The number of nitrogens with zero attached hydrogens (tertiary/aromatic N) is 2. The third kappa shape index (κ3) is 1.82. The maximum Gasteiger partial charge on any atom is 0.325 e. The zero-order chi connectivity index (χ0) is 9.97. The Kier molecular flexibility index (Phi) is 2.32. The summed E-state index contributed by atoms with van der Waals surface area (Å²) in [6.45, 7) is -0.0919. The standard InChI is InChI=1S/C9H8N2O2S/c12-9(13)6-11-5-7(4-10-11)8-2-1-3-14-8/h1-5H,6H2,(H,12,13). The Morgan fingerprint density at radius 3 is 3.14 bits per heavy atom. The highest BCUT2D eigenvalue weighted by Crippen LogP contribution is 2.23. The molecule has 0 saturated carbocycles. The van der Waals surface area contributed by atoms with Gasteiger partial charge in [0.15, 0.2) is 0 Å². The maximum absolute atomic E-state index is 10.4. The molecule has 0 aromatic carbocycles. The van der Waals surface area contributed by atoms with E-state index in [2.05, 4.69) is 5.10 Å². The maximum atomic E-state index is 10.4. The summed E-state index contributed by atoms with van der Waals surface area (Å²) in [6.07, 6.45) is 3.41. The van der Waals surface area contributed by atoms with Crippen LogP contribution in [0.5, 0.6) is 0 Å². The van der Waals surface area contributed by atoms with Gasteiger partial charge in [0, 0.05) is 16.6 Å². The van der Waals surface area contributed by atoms with Crippen molar-refractivity contribution < 1.29 is 9.90 Å². The first-order valence-corrected chi connectivity index (χ1v) is 4.92. The Balaban J connectivity index is 2.22. The number of aromatic nitrogens is 2. The first-order valence-electron chi connectivity index (χ1n) is 4.04. The number of aliphatic carboxylic acids is 1. The van der Waals surface area contributed by atoms with E-state index >= 15 is 0 Å². The predicted octanol–water partition coefficient (Wildman–Crippen LogP) is 1.70. The van der Waals surface area contributed by atoms with Gasteiger partial charge in [0.2, 0.25) is 0 Å². The minimum atomic E-state index is -0.883. The van der Waals surface area contributed by atoms with Crippen molar-refractivity contribution >= 4 is 17.3 Å². The minimum Gasteiger partial charge on any atom is -0.480 e. The fourth-order valence-corrected chi connectivity index (χ4v) is 1.86. The molecule has 0 saturated heterocycles. The van der Waals surface area contributed by atoms with Crippen LogP contribution < -0.4 is 0 Å². The van der Waals surface area contributed by atoms with Gasteiger partial charge in [-0.3, -0.25) is 9.48 Å². The molecule has 1 N–H and O–H groups in total. The Morgan fingerprint density at radius 2 is 2.50 bits per heavy atom. The number of carboxylic acids is 1. The second kappa shape index (κ2) is 3.63. The van der Waals surface area contributed by atoms with E-state index in [-0.39, 0.29) is 6.54 Å². The number of hydrogen-bond acceptors (Lipinski definition) is 3. The van der Waals surface area contributed by atoms with Crippen molar-refractivity contribution in [1.29, 1.82) is 0 Å². The van der Waals surface area contributed by atoms with Crippen LogP contribution in [0.3, 0.4) is 0 Å². The van der Waals surface area contributed by atoms with Crippen LogP contribution in [0.2, 0.25) is 0 Å². The normalized spacial score (nSPS) is 10.3. The summed E-state index contributed by atoms with van der Waals surface area (Å²) in [5, 5.41) is 14.5. The second-order valence-corrected chi connectivity index (χ2v) is 3.75. The van der Waals surface area contributed by atoms with Gasteiger partial charge in [0.25, 0.3) is 0 Å². The molecule has 0 aliphatic heterocycles. The first-order chi connectivity index (χ1) is 6.75. The molecule has 0 atom stereocenters. The average molecular weight is 208 g/mol. The molecule has 0 unspecified atom stereocenters. The molecule has 0 bridgehead atoms. The molecule has 0 spiro atoms. The number of thiophene rings is 1. The summed E-state index contributed by atoms with van der Waals surface area (Å²) in [4.78, 5) is 11.5. The quantitative estimate of drug-likeness (QED) is 0.835. The smallest absolute Gasteiger partial charge is 0.325 e. The van der Waals surface area contributed by atoms with Crippen molar-refractivity contribution in [1.82, 2.24) is 9.78 Å². The van der Waals surface area contributed by atoms with Gasteiger partial charge in [-0.05, 0) is 11.4 Å². The Labute approximate surface area is 84.4 Å². The van der Waals surface area contributed by atoms with Crippen molar-refractivity contribution in [2.45, 2.75) is 6.54 Å². The second-order valence-electron chi connectivity index (χ2n) is 2.80. The Morgan fingerprint density at radius 1 is 1.64 bits per heavy atom. The number of rotatable bonds is 3. The van der Waals surface area contributed by atoms with Crippen LogP contribution in [-0.2, 0) is 11.3 Å². The van der Waals surface area contributed by atoms with Gasteiger partial charge in [-0.1, -0.05) is 6.07 Å². The molecule has 72 valence electrons. The highest BCUT2D eigenvalue weighted by molar-refractivity contribution is 7.13. The van der Waals surface area contributed by atoms with E-state index in [1.807, 2.05) is 17.5 Å². The molecule has 4 nitrogen and oxygen atoms in total. The third-order valence-corrected chi connectivity index (χ3v) is 2.66. The molecule has 2 heterocycles. The van der Waals surface area contributed by atoms with Crippen LogP contribution in [-0.4, -0.2) is 20.9 Å². The lowest BCUT2D eigenvalue weighted by atomic mass is 10.3. The van der Waals surface area contributed by atoms with Gasteiger partial charge in [-0.15, -0.1) is 11.3 Å². The molecule has 0 fully saturated rings. The van der Waals surface area contributed by atoms with E-state index < -0.39 is 5.97 Å². The van der Waals surface area contributed by atoms with Crippen molar-refractivity contribution in [2.75, 3.05) is 0 Å². The summed E-state index contributed by atoms with van der Waals surface area (Å²) in [5.41, 5.74) is 0.959. The summed E-state index contributed by atoms with van der Waals surface area (Å²) in [5.74, 6) is -0.883. The SMILES string of the molecule is O=C(O)Cn1cc(-c2cccs2)cn1. The monoisotopic (exact) mass is 208 g/mol. The average Bonchev–Trinajstić information content (AvgIpc) is 2.69. The van der Waals surface area contributed by atoms with Gasteiger partial charge in [0.05, 0.1) is 6.20 Å². The van der Waals surface area contributed by atoms with Crippen LogP contribution in [0.4, 0.5) is 0 Å². The van der Waals surface area contributed by atoms with Crippen LogP contribution in [0, 0.1) is 0 Å². The van der Waals surface area contributed by atoms with Gasteiger partial charge >= 0.3 is 5.97 Å². The van der Waals surface area contributed by atoms with Crippen LogP contribution >= 0.6 is 11.3 Å². The highest BCUT2D eigenvalue weighted by atomic mass is 32.1. The zero-order valence-electron chi connectivity index (χ0n) is 7.25. The lowest BCUT2D eigenvalue weighted by Gasteiger charge is -1.93. The van der Waals surface area contributed by atoms with Crippen molar-refractivity contribution in [3.8, 4) is 10.4 Å². The summed E-state index contributed by atoms with van der Waals surface area (Å²) in [7, 11) is 0. The van der Waals surface area contributed by atoms with Crippen molar-refractivity contribution in [2.24, 2.45) is 0 Å². The number of carbonyl (C=O) groups is 1. The van der Waals surface area contributed by atoms with E-state index in [1.54, 1.807) is 23.7 Å². The molecule has 0 aliphatic rings. The highest BCUT2D eigenvalue weighted by Gasteiger charge is 2.04. The summed E-state index contributed by atoms with van der Waals surface area (Å²) >= 11 is 1.61. The van der Waals surface area contributed by atoms with E-state index in [0.29, 0.717) is 0 Å². The molecule has 0 amide bonds. The Hall–Kier alpha value is -1.62. The molecule has 2 rings (SSSR count). The molecule has 2 aromatic rings. The van der Waals surface area contributed by atoms with E-state index in [0.717, 1.165) is 10.4 Å². The van der Waals surface area contributed by atoms with Crippen LogP contribution in [0.1, 0.15) is 0 Å². The molecule has 0 radical (unpaired) electrons. The van der Waals surface area contributed by atoms with Crippen molar-refractivity contribution in [3.05, 3.63) is 29.9 Å². The lowest BCUT2D eigenvalue weighted by molar-refractivity contribution is -0.137. The topological polar surface area (TPSA) is 55.1 Å². The largest absolute Gasteiger partial charge is 0.480 e. The summed E-state index contributed by atoms with van der Waals surface area (Å²) < 4.78 is 1.41. The van der Waals surface area contributed by atoms with E-state index in [1.165, 1.54) is 4.68 Å². The van der Waals surface area contributed by atoms with E-state index in [9.17, 15) is 4.79 Å². The molecule has 2 aromatic heterocycles. The predicted molar refractivity (Wildman–Crippen MR) is 53.2 cm³/mol. The molecular weight excluding hydrogens is 200 g/mol. The zero-order valence-corrected chi connectivity index (χ0v) is 8.07. The summed E-state index contributed by atoms with van der Waals surface area (Å²) in [6, 6.07) is 3.93. The minimum absolute atomic E-state index is 0.0919. The molecule has 5 heteroatoms. The molecule has 14 heavy (non-hydrogen) atoms. The number of hydrogen-bond donors (Lipinski definition) is 1. The van der Waals surface area contributed by atoms with Gasteiger partial charge in [0.1, 0.15) is 6.54 Å². The van der Waals surface area contributed by atoms with Crippen molar-refractivity contribution in [3.63, 3.8) is 0 Å². The number of carboxylic acid groups (broad SMARTS) is 1. The van der Waals surface area contributed by atoms with E-state index in [4.69, 9.17) is 5.11 Å². The van der Waals surface area contributed by atoms with Gasteiger partial charge in [-0.2, -0.15) is 5.10 Å².